The minimum absolute atomic E-state index is 0.118. The number of non-ortho nitro benzene ring substituents is 1. The number of amides is 1. The molecule has 23 heavy (non-hydrogen) atoms. The van der Waals surface area contributed by atoms with Crippen molar-refractivity contribution in [3.63, 3.8) is 0 Å². The van der Waals surface area contributed by atoms with Crippen LogP contribution in [-0.2, 0) is 10.5 Å². The number of carbonyl (C=O) groups excluding carboxylic acids is 1. The Hall–Kier alpha value is -1.57. The van der Waals surface area contributed by atoms with Crippen molar-refractivity contribution in [1.29, 1.82) is 0 Å². The van der Waals surface area contributed by atoms with E-state index in [0.717, 1.165) is 10.0 Å². The molecule has 0 atom stereocenters. The van der Waals surface area contributed by atoms with Gasteiger partial charge in [-0.25, -0.2) is 0 Å². The number of halogens is 2. The van der Waals surface area contributed by atoms with Crippen LogP contribution in [0.2, 0.25) is 5.02 Å². The number of thioether (sulfide) groups is 1. The van der Waals surface area contributed by atoms with Crippen molar-refractivity contribution >= 4 is 56.6 Å². The molecule has 5 nitrogen and oxygen atoms in total. The summed E-state index contributed by atoms with van der Waals surface area (Å²) in [5.74, 6) is 0.674. The number of nitro benzene ring substituents is 1. The second-order valence-corrected chi connectivity index (χ2v) is 6.90. The van der Waals surface area contributed by atoms with Gasteiger partial charge in [0.25, 0.3) is 5.69 Å². The van der Waals surface area contributed by atoms with Crippen molar-refractivity contribution in [2.24, 2.45) is 0 Å². The van der Waals surface area contributed by atoms with Crippen LogP contribution in [0.4, 0.5) is 11.4 Å². The van der Waals surface area contributed by atoms with E-state index in [9.17, 15) is 14.9 Å². The lowest BCUT2D eigenvalue weighted by atomic mass is 10.2. The van der Waals surface area contributed by atoms with Crippen molar-refractivity contribution in [3.05, 3.63) is 67.6 Å². The molecule has 0 aliphatic heterocycles. The molecular weight excluding hydrogens is 404 g/mol. The van der Waals surface area contributed by atoms with Gasteiger partial charge in [-0.2, -0.15) is 0 Å². The largest absolute Gasteiger partial charge is 0.324 e. The molecule has 0 radical (unpaired) electrons. The molecule has 1 amide bonds. The molecule has 0 saturated heterocycles. The average Bonchev–Trinajstić information content (AvgIpc) is 2.51. The van der Waals surface area contributed by atoms with Gasteiger partial charge in [0.2, 0.25) is 5.91 Å². The zero-order valence-corrected chi connectivity index (χ0v) is 15.0. The topological polar surface area (TPSA) is 72.2 Å². The highest BCUT2D eigenvalue weighted by atomic mass is 79.9. The van der Waals surface area contributed by atoms with Crippen LogP contribution >= 0.6 is 39.3 Å². The van der Waals surface area contributed by atoms with E-state index < -0.39 is 4.92 Å². The quantitative estimate of drug-likeness (QED) is 0.539. The van der Waals surface area contributed by atoms with Crippen LogP contribution in [-0.4, -0.2) is 16.6 Å². The molecule has 0 heterocycles. The summed E-state index contributed by atoms with van der Waals surface area (Å²) in [7, 11) is 0. The van der Waals surface area contributed by atoms with Crippen LogP contribution in [0.3, 0.4) is 0 Å². The number of nitrogens with zero attached hydrogens (tertiary/aromatic N) is 1. The SMILES string of the molecule is O=C(CSCc1ccc(Br)cc1)Nc1cc([N+](=O)[O-])ccc1Cl. The molecule has 0 spiro atoms. The fraction of sp³-hybridized carbons (Fsp3) is 0.133. The first-order chi connectivity index (χ1) is 11.0. The van der Waals surface area contributed by atoms with Crippen LogP contribution in [0.5, 0.6) is 0 Å². The van der Waals surface area contributed by atoms with Gasteiger partial charge in [-0.15, -0.1) is 11.8 Å². The van der Waals surface area contributed by atoms with Crippen LogP contribution in [0, 0.1) is 10.1 Å². The van der Waals surface area contributed by atoms with Crippen LogP contribution in [0.1, 0.15) is 5.56 Å². The van der Waals surface area contributed by atoms with Gasteiger partial charge in [0.1, 0.15) is 0 Å². The number of benzene rings is 2. The Balaban J connectivity index is 1.88. The second kappa shape index (κ2) is 8.33. The Kier molecular flexibility index (Phi) is 6.44. The molecule has 0 aromatic heterocycles. The van der Waals surface area contributed by atoms with Gasteiger partial charge in [-0.3, -0.25) is 14.9 Å². The van der Waals surface area contributed by atoms with Gasteiger partial charge in [-0.05, 0) is 23.8 Å². The normalized spacial score (nSPS) is 10.3. The number of carbonyl (C=O) groups is 1. The number of nitrogens with one attached hydrogen (secondary N) is 1. The summed E-state index contributed by atoms with van der Waals surface area (Å²) in [5, 5.41) is 13.6. The molecule has 0 fully saturated rings. The molecule has 0 aliphatic rings. The third-order valence-electron chi connectivity index (χ3n) is 2.85. The molecule has 0 bridgehead atoms. The zero-order valence-electron chi connectivity index (χ0n) is 11.8. The van der Waals surface area contributed by atoms with Gasteiger partial charge in [0, 0.05) is 22.4 Å². The van der Waals surface area contributed by atoms with Gasteiger partial charge in [-0.1, -0.05) is 39.7 Å². The fourth-order valence-electron chi connectivity index (χ4n) is 1.75. The van der Waals surface area contributed by atoms with E-state index in [1.54, 1.807) is 0 Å². The summed E-state index contributed by atoms with van der Waals surface area (Å²) in [5.41, 5.74) is 1.24. The number of hydrogen-bond donors (Lipinski definition) is 1. The molecular formula is C15H12BrClN2O3S. The molecule has 2 rings (SSSR count). The second-order valence-electron chi connectivity index (χ2n) is 4.59. The Morgan fingerprint density at radius 3 is 2.61 bits per heavy atom. The number of nitro groups is 1. The first-order valence-corrected chi connectivity index (χ1v) is 8.84. The maximum Gasteiger partial charge on any atom is 0.271 e. The van der Waals surface area contributed by atoms with Gasteiger partial charge < -0.3 is 5.32 Å². The molecule has 2 aromatic rings. The number of anilines is 1. The third-order valence-corrected chi connectivity index (χ3v) is 4.71. The monoisotopic (exact) mass is 414 g/mol. The average molecular weight is 416 g/mol. The summed E-state index contributed by atoms with van der Waals surface area (Å²) in [6.45, 7) is 0. The molecule has 0 saturated carbocycles. The van der Waals surface area contributed by atoms with Crippen molar-refractivity contribution in [2.75, 3.05) is 11.1 Å². The first kappa shape index (κ1) is 17.8. The fourth-order valence-corrected chi connectivity index (χ4v) is 2.97. The van der Waals surface area contributed by atoms with Crippen molar-refractivity contribution in [3.8, 4) is 0 Å². The van der Waals surface area contributed by atoms with Crippen LogP contribution in [0.25, 0.3) is 0 Å². The molecule has 1 N–H and O–H groups in total. The van der Waals surface area contributed by atoms with E-state index in [2.05, 4.69) is 21.2 Å². The highest BCUT2D eigenvalue weighted by Gasteiger charge is 2.12. The van der Waals surface area contributed by atoms with E-state index >= 15 is 0 Å². The van der Waals surface area contributed by atoms with E-state index in [1.807, 2.05) is 24.3 Å². The molecule has 8 heteroatoms. The Labute approximate surface area is 150 Å². The van der Waals surface area contributed by atoms with E-state index in [-0.39, 0.29) is 28.1 Å². The van der Waals surface area contributed by atoms with E-state index in [1.165, 1.54) is 30.0 Å². The Bertz CT molecular complexity index is 725. The highest BCUT2D eigenvalue weighted by Crippen LogP contribution is 2.27. The minimum atomic E-state index is -0.533. The summed E-state index contributed by atoms with van der Waals surface area (Å²) >= 11 is 10.8. The van der Waals surface area contributed by atoms with E-state index in [0.29, 0.717) is 5.75 Å². The maximum atomic E-state index is 11.9. The van der Waals surface area contributed by atoms with Crippen LogP contribution in [0.15, 0.2) is 46.9 Å². The van der Waals surface area contributed by atoms with Gasteiger partial charge >= 0.3 is 0 Å². The minimum Gasteiger partial charge on any atom is -0.324 e. The van der Waals surface area contributed by atoms with Crippen molar-refractivity contribution in [1.82, 2.24) is 0 Å². The number of hydrogen-bond acceptors (Lipinski definition) is 4. The summed E-state index contributed by atoms with van der Waals surface area (Å²) in [6, 6.07) is 11.8. The van der Waals surface area contributed by atoms with Crippen molar-refractivity contribution in [2.45, 2.75) is 5.75 Å². The lowest BCUT2D eigenvalue weighted by molar-refractivity contribution is -0.384. The highest BCUT2D eigenvalue weighted by molar-refractivity contribution is 9.10. The molecule has 0 unspecified atom stereocenters. The maximum absolute atomic E-state index is 11.9. The third kappa shape index (κ3) is 5.53. The van der Waals surface area contributed by atoms with Gasteiger partial charge in [0.15, 0.2) is 0 Å². The standard InChI is InChI=1S/C15H12BrClN2O3S/c16-11-3-1-10(2-4-11)8-23-9-15(20)18-14-7-12(19(21)22)5-6-13(14)17/h1-7H,8-9H2,(H,18,20). The number of rotatable bonds is 6. The summed E-state index contributed by atoms with van der Waals surface area (Å²) in [6.07, 6.45) is 0. The van der Waals surface area contributed by atoms with Crippen molar-refractivity contribution < 1.29 is 9.72 Å². The Morgan fingerprint density at radius 1 is 1.26 bits per heavy atom. The molecule has 0 aliphatic carbocycles. The zero-order chi connectivity index (χ0) is 16.8. The smallest absolute Gasteiger partial charge is 0.271 e. The van der Waals surface area contributed by atoms with E-state index in [4.69, 9.17) is 11.6 Å². The lowest BCUT2D eigenvalue weighted by Gasteiger charge is -2.07. The lowest BCUT2D eigenvalue weighted by Crippen LogP contribution is -2.14. The van der Waals surface area contributed by atoms with Gasteiger partial charge in [0.05, 0.1) is 21.4 Å². The predicted molar refractivity (Wildman–Crippen MR) is 97.0 cm³/mol. The Morgan fingerprint density at radius 2 is 1.96 bits per heavy atom. The first-order valence-electron chi connectivity index (χ1n) is 6.51. The molecule has 120 valence electrons. The predicted octanol–water partition coefficient (Wildman–Crippen LogP) is 4.88. The van der Waals surface area contributed by atoms with Crippen LogP contribution < -0.4 is 5.32 Å². The summed E-state index contributed by atoms with van der Waals surface area (Å²) < 4.78 is 1.00. The summed E-state index contributed by atoms with van der Waals surface area (Å²) in [4.78, 5) is 22.1. The molecule has 2 aromatic carbocycles.